The summed E-state index contributed by atoms with van der Waals surface area (Å²) in [6.45, 7) is 7.08. The van der Waals surface area contributed by atoms with Crippen LogP contribution in [0.25, 0.3) is 0 Å². The first kappa shape index (κ1) is 25.9. The van der Waals surface area contributed by atoms with E-state index in [4.69, 9.17) is 4.74 Å². The highest BCUT2D eigenvalue weighted by atomic mass is 32.2. The Balaban J connectivity index is 1.74. The molecule has 7 nitrogen and oxygen atoms in total. The summed E-state index contributed by atoms with van der Waals surface area (Å²) in [5.74, 6) is -0.0828. The predicted molar refractivity (Wildman–Crippen MR) is 131 cm³/mol. The number of hydrogen-bond donors (Lipinski definition) is 1. The van der Waals surface area contributed by atoms with Gasteiger partial charge in [0.15, 0.2) is 0 Å². The Hall–Kier alpha value is -2.71. The number of piperidine rings is 1. The highest BCUT2D eigenvalue weighted by molar-refractivity contribution is 7.89. The van der Waals surface area contributed by atoms with Crippen LogP contribution in [0.15, 0.2) is 53.4 Å². The number of aryl methyl sites for hydroxylation is 1. The van der Waals surface area contributed by atoms with Gasteiger partial charge in [0.25, 0.3) is 5.91 Å². The van der Waals surface area contributed by atoms with Crippen LogP contribution in [0.4, 0.5) is 0 Å². The normalized spacial score (nSPS) is 15.7. The molecule has 0 saturated carbocycles. The zero-order valence-corrected chi connectivity index (χ0v) is 20.9. The average molecular weight is 487 g/mol. The van der Waals surface area contributed by atoms with Crippen molar-refractivity contribution in [1.82, 2.24) is 9.62 Å². The number of benzene rings is 2. The quantitative estimate of drug-likeness (QED) is 0.543. The number of carbonyl (C=O) groups excluding carboxylic acids is 2. The van der Waals surface area contributed by atoms with E-state index in [1.807, 2.05) is 37.3 Å². The lowest BCUT2D eigenvalue weighted by atomic mass is 9.78. The van der Waals surface area contributed by atoms with Crippen LogP contribution >= 0.6 is 0 Å². The molecule has 0 bridgehead atoms. The second kappa shape index (κ2) is 11.6. The third-order valence-electron chi connectivity index (χ3n) is 6.40. The molecule has 2 aromatic carbocycles. The number of ether oxygens (including phenoxy) is 1. The molecule has 1 atom stereocenters. The molecule has 1 heterocycles. The van der Waals surface area contributed by atoms with E-state index < -0.39 is 10.0 Å². The molecular weight excluding hydrogens is 452 g/mol. The maximum atomic E-state index is 13.3. The lowest BCUT2D eigenvalue weighted by Crippen LogP contribution is -2.40. The van der Waals surface area contributed by atoms with Crippen molar-refractivity contribution in [3.8, 4) is 0 Å². The molecule has 184 valence electrons. The average Bonchev–Trinajstić information content (AvgIpc) is 2.83. The summed E-state index contributed by atoms with van der Waals surface area (Å²) in [4.78, 5) is 27.5. The standard InChI is InChI=1S/C26H34N2O5S/c1-4-27-34(31,32)22-12-11-19(3)23(17-22)26(30)28-15-13-21(14-16-28)24(18-25(29)33-5-2)20-9-7-6-8-10-20/h6-12,17,21,24,27H,4-5,13-16,18H2,1-3H3/t24-/m1/s1. The second-order valence-corrected chi connectivity index (χ2v) is 10.4. The lowest BCUT2D eigenvalue weighted by molar-refractivity contribution is -0.144. The van der Waals surface area contributed by atoms with Crippen molar-refractivity contribution in [3.63, 3.8) is 0 Å². The molecule has 1 fully saturated rings. The van der Waals surface area contributed by atoms with Crippen LogP contribution in [0, 0.1) is 12.8 Å². The molecule has 0 unspecified atom stereocenters. The molecule has 0 spiro atoms. The first-order chi connectivity index (χ1) is 16.3. The van der Waals surface area contributed by atoms with Gasteiger partial charge in [-0.25, -0.2) is 13.1 Å². The van der Waals surface area contributed by atoms with Crippen molar-refractivity contribution >= 4 is 21.9 Å². The van der Waals surface area contributed by atoms with Crippen molar-refractivity contribution in [2.45, 2.75) is 50.8 Å². The first-order valence-corrected chi connectivity index (χ1v) is 13.3. The van der Waals surface area contributed by atoms with E-state index in [0.717, 1.165) is 24.0 Å². The maximum Gasteiger partial charge on any atom is 0.306 e. The van der Waals surface area contributed by atoms with Gasteiger partial charge in [0.2, 0.25) is 10.0 Å². The van der Waals surface area contributed by atoms with Crippen molar-refractivity contribution in [2.24, 2.45) is 5.92 Å². The van der Waals surface area contributed by atoms with Gasteiger partial charge in [-0.1, -0.05) is 43.3 Å². The van der Waals surface area contributed by atoms with Gasteiger partial charge in [0.1, 0.15) is 0 Å². The molecule has 0 aromatic heterocycles. The van der Waals surface area contributed by atoms with E-state index in [0.29, 0.717) is 31.7 Å². The number of hydrogen-bond acceptors (Lipinski definition) is 5. The highest BCUT2D eigenvalue weighted by Crippen LogP contribution is 2.36. The summed E-state index contributed by atoms with van der Waals surface area (Å²) >= 11 is 0. The van der Waals surface area contributed by atoms with Crippen LogP contribution < -0.4 is 4.72 Å². The fourth-order valence-corrected chi connectivity index (χ4v) is 5.67. The molecule has 1 aliphatic heterocycles. The number of likely N-dealkylation sites (tertiary alicyclic amines) is 1. The predicted octanol–water partition coefficient (Wildman–Crippen LogP) is 3.88. The first-order valence-electron chi connectivity index (χ1n) is 11.9. The third-order valence-corrected chi connectivity index (χ3v) is 7.94. The Labute approximate surface area is 202 Å². The van der Waals surface area contributed by atoms with Gasteiger partial charge in [-0.2, -0.15) is 0 Å². The van der Waals surface area contributed by atoms with Crippen LogP contribution in [-0.2, 0) is 19.6 Å². The molecule has 0 aliphatic carbocycles. The Morgan fingerprint density at radius 1 is 1.09 bits per heavy atom. The zero-order chi connectivity index (χ0) is 24.7. The molecule has 1 aliphatic rings. The van der Waals surface area contributed by atoms with Crippen LogP contribution in [-0.4, -0.2) is 51.4 Å². The van der Waals surface area contributed by atoms with Gasteiger partial charge in [-0.3, -0.25) is 9.59 Å². The molecule has 2 aromatic rings. The van der Waals surface area contributed by atoms with Crippen LogP contribution in [0.2, 0.25) is 0 Å². The second-order valence-electron chi connectivity index (χ2n) is 8.63. The SMILES string of the molecule is CCNS(=O)(=O)c1ccc(C)c(C(=O)N2CCC([C@H](CC(=O)OCC)c3ccccc3)CC2)c1. The number of sulfonamides is 1. The molecular formula is C26H34N2O5S. The van der Waals surface area contributed by atoms with Gasteiger partial charge in [0, 0.05) is 25.2 Å². The van der Waals surface area contributed by atoms with Gasteiger partial charge >= 0.3 is 5.97 Å². The minimum Gasteiger partial charge on any atom is -0.466 e. The van der Waals surface area contributed by atoms with E-state index in [1.54, 1.807) is 24.8 Å². The molecule has 0 radical (unpaired) electrons. The summed E-state index contributed by atoms with van der Waals surface area (Å²) in [5.41, 5.74) is 2.26. The van der Waals surface area contributed by atoms with E-state index in [-0.39, 0.29) is 35.2 Å². The van der Waals surface area contributed by atoms with Crippen molar-refractivity contribution in [3.05, 3.63) is 65.2 Å². The van der Waals surface area contributed by atoms with E-state index >= 15 is 0 Å². The summed E-state index contributed by atoms with van der Waals surface area (Å²) < 4.78 is 32.5. The number of esters is 1. The Kier molecular flexibility index (Phi) is 8.85. The molecule has 1 amide bonds. The number of amides is 1. The minimum absolute atomic E-state index is 0.0350. The number of carbonyl (C=O) groups is 2. The highest BCUT2D eigenvalue weighted by Gasteiger charge is 2.32. The number of nitrogens with zero attached hydrogens (tertiary/aromatic N) is 1. The number of rotatable bonds is 9. The largest absolute Gasteiger partial charge is 0.466 e. The fraction of sp³-hybridized carbons (Fsp3) is 0.462. The third kappa shape index (κ3) is 6.24. The summed E-state index contributed by atoms with van der Waals surface area (Å²) in [5, 5.41) is 0. The van der Waals surface area contributed by atoms with E-state index in [1.165, 1.54) is 12.1 Å². The maximum absolute atomic E-state index is 13.3. The fourth-order valence-electron chi connectivity index (χ4n) is 4.60. The monoisotopic (exact) mass is 486 g/mol. The summed E-state index contributed by atoms with van der Waals surface area (Å²) in [6, 6.07) is 14.7. The molecule has 34 heavy (non-hydrogen) atoms. The van der Waals surface area contributed by atoms with Gasteiger partial charge in [-0.05, 0) is 61.8 Å². The summed E-state index contributed by atoms with van der Waals surface area (Å²) in [7, 11) is -3.65. The number of nitrogens with one attached hydrogen (secondary N) is 1. The minimum atomic E-state index is -3.65. The molecule has 8 heteroatoms. The van der Waals surface area contributed by atoms with Gasteiger partial charge in [-0.15, -0.1) is 0 Å². The van der Waals surface area contributed by atoms with Crippen LogP contribution in [0.1, 0.15) is 60.5 Å². The van der Waals surface area contributed by atoms with Crippen molar-refractivity contribution < 1.29 is 22.7 Å². The van der Waals surface area contributed by atoms with Gasteiger partial charge in [0.05, 0.1) is 17.9 Å². The molecule has 1 N–H and O–H groups in total. The Bertz CT molecular complexity index is 1090. The van der Waals surface area contributed by atoms with Crippen LogP contribution in [0.5, 0.6) is 0 Å². The smallest absolute Gasteiger partial charge is 0.306 e. The van der Waals surface area contributed by atoms with E-state index in [2.05, 4.69) is 4.72 Å². The van der Waals surface area contributed by atoms with Crippen molar-refractivity contribution in [2.75, 3.05) is 26.2 Å². The van der Waals surface area contributed by atoms with Gasteiger partial charge < -0.3 is 9.64 Å². The molecule has 3 rings (SSSR count). The lowest BCUT2D eigenvalue weighted by Gasteiger charge is -2.36. The molecule has 1 saturated heterocycles. The Morgan fingerprint density at radius 2 is 1.76 bits per heavy atom. The topological polar surface area (TPSA) is 92.8 Å². The van der Waals surface area contributed by atoms with E-state index in [9.17, 15) is 18.0 Å². The Morgan fingerprint density at radius 3 is 2.38 bits per heavy atom. The summed E-state index contributed by atoms with van der Waals surface area (Å²) in [6.07, 6.45) is 1.85. The van der Waals surface area contributed by atoms with Crippen molar-refractivity contribution in [1.29, 1.82) is 0 Å². The zero-order valence-electron chi connectivity index (χ0n) is 20.1. The van der Waals surface area contributed by atoms with Crippen LogP contribution in [0.3, 0.4) is 0 Å².